The third-order valence-corrected chi connectivity index (χ3v) is 2.58. The number of pyridine rings is 1. The van der Waals surface area contributed by atoms with E-state index in [0.29, 0.717) is 0 Å². The van der Waals surface area contributed by atoms with Crippen LogP contribution in [0.1, 0.15) is 18.6 Å². The largest absolute Gasteiger partial charge is 0.439 e. The molecule has 0 N–H and O–H groups in total. The Bertz CT molecular complexity index is 339. The highest BCUT2D eigenvalue weighted by atomic mass is 16.6. The van der Waals surface area contributed by atoms with E-state index in [9.17, 15) is 4.79 Å². The molecule has 4 nitrogen and oxygen atoms in total. The molecule has 74 valence electrons. The van der Waals surface area contributed by atoms with Gasteiger partial charge in [-0.1, -0.05) is 6.07 Å². The molecule has 0 aromatic carbocycles. The van der Waals surface area contributed by atoms with Crippen molar-refractivity contribution in [3.63, 3.8) is 0 Å². The molecule has 2 atom stereocenters. The zero-order chi connectivity index (χ0) is 10.1. The van der Waals surface area contributed by atoms with Crippen molar-refractivity contribution in [3.05, 3.63) is 30.1 Å². The summed E-state index contributed by atoms with van der Waals surface area (Å²) in [5.41, 5.74) is 0.942. The first kappa shape index (κ1) is 8.99. The predicted molar refractivity (Wildman–Crippen MR) is 50.7 cm³/mol. The highest BCUT2D eigenvalue weighted by molar-refractivity contribution is 5.70. The van der Waals surface area contributed by atoms with Gasteiger partial charge in [-0.25, -0.2) is 4.79 Å². The normalized spacial score (nSPS) is 26.4. The maximum Gasteiger partial charge on any atom is 0.410 e. The second kappa shape index (κ2) is 3.29. The molecule has 1 aromatic rings. The lowest BCUT2D eigenvalue weighted by Gasteiger charge is -2.15. The number of ether oxygens (including phenoxy) is 1. The van der Waals surface area contributed by atoms with Gasteiger partial charge in [0.2, 0.25) is 0 Å². The molecule has 0 unspecified atom stereocenters. The number of rotatable bonds is 1. The minimum absolute atomic E-state index is 0.0618. The van der Waals surface area contributed by atoms with Gasteiger partial charge in [0.05, 0.1) is 6.04 Å². The quantitative estimate of drug-likeness (QED) is 0.678. The Hall–Kier alpha value is -1.58. The highest BCUT2D eigenvalue weighted by Gasteiger charge is 2.37. The summed E-state index contributed by atoms with van der Waals surface area (Å²) in [7, 11) is 1.74. The van der Waals surface area contributed by atoms with Gasteiger partial charge in [-0.3, -0.25) is 4.98 Å². The van der Waals surface area contributed by atoms with Gasteiger partial charge in [0, 0.05) is 25.0 Å². The van der Waals surface area contributed by atoms with Crippen molar-refractivity contribution in [2.24, 2.45) is 0 Å². The van der Waals surface area contributed by atoms with Crippen LogP contribution in [0.4, 0.5) is 4.79 Å². The van der Waals surface area contributed by atoms with Crippen LogP contribution in [0.2, 0.25) is 0 Å². The standard InChI is InChI=1S/C10H12N2O2/c1-7-9(14-10(13)12(7)2)8-4-3-5-11-6-8/h3-7,9H,1-2H3/t7-,9-/m0/s1. The van der Waals surface area contributed by atoms with Crippen LogP contribution in [-0.4, -0.2) is 29.1 Å². The lowest BCUT2D eigenvalue weighted by Crippen LogP contribution is -2.27. The fourth-order valence-electron chi connectivity index (χ4n) is 1.55. The van der Waals surface area contributed by atoms with E-state index in [1.54, 1.807) is 24.3 Å². The summed E-state index contributed by atoms with van der Waals surface area (Å²) >= 11 is 0. The van der Waals surface area contributed by atoms with E-state index in [0.717, 1.165) is 5.56 Å². The number of carbonyl (C=O) groups is 1. The van der Waals surface area contributed by atoms with E-state index < -0.39 is 0 Å². The Morgan fingerprint density at radius 3 is 2.86 bits per heavy atom. The van der Waals surface area contributed by atoms with Crippen molar-refractivity contribution in [2.45, 2.75) is 19.1 Å². The summed E-state index contributed by atoms with van der Waals surface area (Å²) in [5.74, 6) is 0. The summed E-state index contributed by atoms with van der Waals surface area (Å²) in [5, 5.41) is 0. The van der Waals surface area contributed by atoms with Crippen LogP contribution in [0.5, 0.6) is 0 Å². The topological polar surface area (TPSA) is 42.4 Å². The number of hydrogen-bond donors (Lipinski definition) is 0. The molecule has 1 aliphatic rings. The number of nitrogens with zero attached hydrogens (tertiary/aromatic N) is 2. The minimum Gasteiger partial charge on any atom is -0.439 e. The van der Waals surface area contributed by atoms with E-state index in [1.807, 2.05) is 19.1 Å². The van der Waals surface area contributed by atoms with E-state index in [1.165, 1.54) is 0 Å². The van der Waals surface area contributed by atoms with Crippen molar-refractivity contribution in [2.75, 3.05) is 7.05 Å². The van der Waals surface area contributed by atoms with Crippen LogP contribution in [0, 0.1) is 0 Å². The number of hydrogen-bond acceptors (Lipinski definition) is 3. The molecule has 2 rings (SSSR count). The molecule has 4 heteroatoms. The SMILES string of the molecule is C[C@H]1[C@@H](c2cccnc2)OC(=O)N1C. The van der Waals surface area contributed by atoms with Gasteiger partial charge < -0.3 is 9.64 Å². The van der Waals surface area contributed by atoms with Crippen molar-refractivity contribution < 1.29 is 9.53 Å². The smallest absolute Gasteiger partial charge is 0.410 e. The molecule has 2 heterocycles. The van der Waals surface area contributed by atoms with Crippen molar-refractivity contribution in [3.8, 4) is 0 Å². The second-order valence-corrected chi connectivity index (χ2v) is 3.44. The number of aromatic nitrogens is 1. The molecule has 0 bridgehead atoms. The summed E-state index contributed by atoms with van der Waals surface area (Å²) < 4.78 is 5.22. The number of likely N-dealkylation sites (N-methyl/N-ethyl adjacent to an activating group) is 1. The van der Waals surface area contributed by atoms with Gasteiger partial charge in [0.25, 0.3) is 0 Å². The van der Waals surface area contributed by atoms with Crippen molar-refractivity contribution in [1.82, 2.24) is 9.88 Å². The van der Waals surface area contributed by atoms with Crippen LogP contribution in [0.25, 0.3) is 0 Å². The summed E-state index contributed by atoms with van der Waals surface area (Å²) in [4.78, 5) is 16.9. The van der Waals surface area contributed by atoms with Crippen LogP contribution < -0.4 is 0 Å². The number of cyclic esters (lactones) is 1. The molecule has 0 spiro atoms. The minimum atomic E-state index is -0.272. The Balaban J connectivity index is 2.26. The molecule has 1 fully saturated rings. The van der Waals surface area contributed by atoms with Gasteiger partial charge in [-0.15, -0.1) is 0 Å². The maximum atomic E-state index is 11.3. The van der Waals surface area contributed by atoms with Gasteiger partial charge in [0.1, 0.15) is 0 Å². The summed E-state index contributed by atoms with van der Waals surface area (Å²) in [6, 6.07) is 3.82. The highest BCUT2D eigenvalue weighted by Crippen LogP contribution is 2.30. The van der Waals surface area contributed by atoms with Gasteiger partial charge in [-0.2, -0.15) is 0 Å². The molecular formula is C10H12N2O2. The Kier molecular flexibility index (Phi) is 2.11. The third kappa shape index (κ3) is 1.32. The second-order valence-electron chi connectivity index (χ2n) is 3.44. The average Bonchev–Trinajstić information content (AvgIpc) is 2.47. The zero-order valence-electron chi connectivity index (χ0n) is 8.18. The van der Waals surface area contributed by atoms with E-state index >= 15 is 0 Å². The van der Waals surface area contributed by atoms with Crippen LogP contribution >= 0.6 is 0 Å². The van der Waals surface area contributed by atoms with E-state index in [-0.39, 0.29) is 18.2 Å². The van der Waals surface area contributed by atoms with Crippen LogP contribution in [-0.2, 0) is 4.74 Å². The maximum absolute atomic E-state index is 11.3. The van der Waals surface area contributed by atoms with Crippen molar-refractivity contribution in [1.29, 1.82) is 0 Å². The monoisotopic (exact) mass is 192 g/mol. The lowest BCUT2D eigenvalue weighted by molar-refractivity contribution is 0.131. The van der Waals surface area contributed by atoms with Crippen LogP contribution in [0.3, 0.4) is 0 Å². The Morgan fingerprint density at radius 1 is 1.57 bits per heavy atom. The molecular weight excluding hydrogens is 180 g/mol. The predicted octanol–water partition coefficient (Wildman–Crippen LogP) is 1.59. The molecule has 1 aliphatic heterocycles. The van der Waals surface area contributed by atoms with E-state index in [2.05, 4.69) is 4.98 Å². The molecule has 1 aromatic heterocycles. The van der Waals surface area contributed by atoms with Gasteiger partial charge in [-0.05, 0) is 13.0 Å². The number of amides is 1. The Labute approximate surface area is 82.5 Å². The van der Waals surface area contributed by atoms with Crippen molar-refractivity contribution >= 4 is 6.09 Å². The molecule has 1 saturated heterocycles. The number of carbonyl (C=O) groups excluding carboxylic acids is 1. The molecule has 14 heavy (non-hydrogen) atoms. The summed E-state index contributed by atoms with van der Waals surface area (Å²) in [6.07, 6.45) is 2.97. The first-order valence-electron chi connectivity index (χ1n) is 4.53. The first-order chi connectivity index (χ1) is 6.70. The summed E-state index contributed by atoms with van der Waals surface area (Å²) in [6.45, 7) is 1.96. The fourth-order valence-corrected chi connectivity index (χ4v) is 1.55. The Morgan fingerprint density at radius 2 is 2.36 bits per heavy atom. The van der Waals surface area contributed by atoms with Crippen LogP contribution in [0.15, 0.2) is 24.5 Å². The third-order valence-electron chi connectivity index (χ3n) is 2.58. The molecule has 0 radical (unpaired) electrons. The molecule has 0 saturated carbocycles. The van der Waals surface area contributed by atoms with Gasteiger partial charge >= 0.3 is 6.09 Å². The first-order valence-corrected chi connectivity index (χ1v) is 4.53. The molecule has 0 aliphatic carbocycles. The lowest BCUT2D eigenvalue weighted by atomic mass is 10.1. The van der Waals surface area contributed by atoms with Gasteiger partial charge in [0.15, 0.2) is 6.10 Å². The molecule has 1 amide bonds. The van der Waals surface area contributed by atoms with E-state index in [4.69, 9.17) is 4.74 Å². The fraction of sp³-hybridized carbons (Fsp3) is 0.400. The average molecular weight is 192 g/mol. The zero-order valence-corrected chi connectivity index (χ0v) is 8.18.